The van der Waals surface area contributed by atoms with Gasteiger partial charge in [-0.2, -0.15) is 0 Å². The first kappa shape index (κ1) is 34.1. The van der Waals surface area contributed by atoms with Gasteiger partial charge in [-0.3, -0.25) is 4.79 Å². The Kier molecular flexibility index (Phi) is 16.8. The predicted octanol–water partition coefficient (Wildman–Crippen LogP) is 2.54. The van der Waals surface area contributed by atoms with Crippen LogP contribution in [0, 0.1) is 6.92 Å². The third-order valence-electron chi connectivity index (χ3n) is 5.75. The number of aliphatic hydroxyl groups excluding tert-OH is 3. The normalized spacial score (nSPS) is 18.4. The largest absolute Gasteiger partial charge is 0.508 e. The van der Waals surface area contributed by atoms with Gasteiger partial charge in [0.25, 0.3) is 0 Å². The molecule has 3 unspecified atom stereocenters. The van der Waals surface area contributed by atoms with Crippen LogP contribution in [0.2, 0.25) is 0 Å². The topological polar surface area (TPSA) is 162 Å². The summed E-state index contributed by atoms with van der Waals surface area (Å²) in [6, 6.07) is 11.4. The van der Waals surface area contributed by atoms with Gasteiger partial charge in [-0.1, -0.05) is 36.4 Å². The Morgan fingerprint density at radius 2 is 1.90 bits per heavy atom. The van der Waals surface area contributed by atoms with Crippen molar-refractivity contribution in [1.82, 2.24) is 5.32 Å². The summed E-state index contributed by atoms with van der Waals surface area (Å²) in [7, 11) is 2.78. The number of aliphatic hydroxyl groups is 3. The third-order valence-corrected chi connectivity index (χ3v) is 7.07. The third kappa shape index (κ3) is 13.1. The average molecular weight is 563 g/mol. The van der Waals surface area contributed by atoms with E-state index in [0.29, 0.717) is 44.4 Å². The van der Waals surface area contributed by atoms with Gasteiger partial charge in [-0.15, -0.1) is 11.8 Å². The fourth-order valence-corrected chi connectivity index (χ4v) is 5.18. The van der Waals surface area contributed by atoms with E-state index in [9.17, 15) is 24.9 Å². The zero-order valence-corrected chi connectivity index (χ0v) is 23.7. The zero-order chi connectivity index (χ0) is 29.2. The molecule has 2 aromatic rings. The van der Waals surface area contributed by atoms with E-state index in [4.69, 9.17) is 15.6 Å². The monoisotopic (exact) mass is 562 g/mol. The van der Waals surface area contributed by atoms with E-state index >= 15 is 0 Å². The van der Waals surface area contributed by atoms with Gasteiger partial charge in [0.05, 0.1) is 12.7 Å². The maximum Gasteiger partial charge on any atom is 0.218 e. The number of hydrogen-bond donors (Lipinski definition) is 6. The number of phenolic OH excluding ortho intramolecular Hbond substituents is 1. The molecule has 1 saturated heterocycles. The summed E-state index contributed by atoms with van der Waals surface area (Å²) in [6.45, 7) is 2.62. The van der Waals surface area contributed by atoms with Crippen molar-refractivity contribution in [2.45, 2.75) is 55.8 Å². The Morgan fingerprint density at radius 3 is 2.46 bits per heavy atom. The summed E-state index contributed by atoms with van der Waals surface area (Å²) in [4.78, 5) is 20.4. The van der Waals surface area contributed by atoms with Gasteiger partial charge >= 0.3 is 0 Å². The van der Waals surface area contributed by atoms with Crippen molar-refractivity contribution in [3.8, 4) is 11.5 Å². The fraction of sp³-hybridized carbons (Fsp3) is 0.448. The van der Waals surface area contributed by atoms with E-state index in [0.717, 1.165) is 35.6 Å². The lowest BCUT2D eigenvalue weighted by atomic mass is 9.98. The van der Waals surface area contributed by atoms with E-state index in [1.807, 2.05) is 43.3 Å². The van der Waals surface area contributed by atoms with Crippen molar-refractivity contribution in [1.29, 1.82) is 0 Å². The highest BCUT2D eigenvalue weighted by molar-refractivity contribution is 8.00. The van der Waals surface area contributed by atoms with Gasteiger partial charge in [0, 0.05) is 56.2 Å². The smallest absolute Gasteiger partial charge is 0.218 e. The number of nitrogens with two attached hydrogens (primary N) is 1. The van der Waals surface area contributed by atoms with Gasteiger partial charge in [0.15, 0.2) is 0 Å². The van der Waals surface area contributed by atoms with Crippen LogP contribution in [0.5, 0.6) is 11.5 Å². The minimum Gasteiger partial charge on any atom is -0.508 e. The lowest BCUT2D eigenvalue weighted by Crippen LogP contribution is -2.33. The first-order chi connectivity index (χ1) is 18.7. The Hall–Kier alpha value is -2.89. The molecule has 0 radical (unpaired) electrons. The molecule has 39 heavy (non-hydrogen) atoms. The molecular weight excluding hydrogens is 520 g/mol. The minimum absolute atomic E-state index is 0.00114. The second kappa shape index (κ2) is 19.2. The number of allylic oxidation sites excluding steroid dienone is 1. The maximum atomic E-state index is 10.4. The lowest BCUT2D eigenvalue weighted by molar-refractivity contribution is -0.117. The average Bonchev–Trinajstić information content (AvgIpc) is 2.91. The molecule has 3 atom stereocenters. The minimum atomic E-state index is -0.505. The Bertz CT molecular complexity index is 1030. The molecule has 1 heterocycles. The highest BCUT2D eigenvalue weighted by atomic mass is 32.2. The number of hydrogen-bond acceptors (Lipinski definition) is 9. The standard InChI is InChI=1S/C24H28O5S.C4H10N2O.CH4O/c1-16-10-19(27)13-23(29-24-14-20(28)12-21(15-26)30-24)22(16)11-18-7-5-17(6-8-18)4-2-3-9-25;1-6-3-2-4(5)7;1-2/h2,4-10,13,20-21,24,26-28H,3,11-12,14-15H2,1H3;6H,2-3H2,1H3,(H2,5,7);2H,1H3/b4-2+;;. The molecule has 7 N–H and O–H groups in total. The van der Waals surface area contributed by atoms with Crippen LogP contribution in [-0.4, -0.2) is 76.7 Å². The van der Waals surface area contributed by atoms with E-state index < -0.39 is 6.10 Å². The molecule has 1 aliphatic rings. The Labute approximate surface area is 235 Å². The van der Waals surface area contributed by atoms with Gasteiger partial charge in [-0.05, 0) is 43.1 Å². The number of aldehydes is 1. The molecule has 2 aromatic carbocycles. The number of aryl methyl sites for hydroxylation is 1. The van der Waals surface area contributed by atoms with Crippen molar-refractivity contribution in [2.75, 3.05) is 27.3 Å². The van der Waals surface area contributed by atoms with Gasteiger partial charge in [-0.25, -0.2) is 0 Å². The van der Waals surface area contributed by atoms with Crippen LogP contribution >= 0.6 is 11.8 Å². The number of carbonyl (C=O) groups is 2. The molecule has 0 spiro atoms. The highest BCUT2D eigenvalue weighted by Crippen LogP contribution is 2.37. The molecule has 0 aromatic heterocycles. The Balaban J connectivity index is 0.000000735. The zero-order valence-electron chi connectivity index (χ0n) is 22.9. The number of thioether (sulfide) groups is 1. The first-order valence-corrected chi connectivity index (χ1v) is 13.7. The highest BCUT2D eigenvalue weighted by Gasteiger charge is 2.30. The second-order valence-corrected chi connectivity index (χ2v) is 10.4. The van der Waals surface area contributed by atoms with Gasteiger partial charge < -0.3 is 41.0 Å². The van der Waals surface area contributed by atoms with Crippen LogP contribution in [0.25, 0.3) is 6.08 Å². The number of nitrogens with one attached hydrogen (secondary N) is 1. The van der Waals surface area contributed by atoms with Crippen LogP contribution in [0.3, 0.4) is 0 Å². The first-order valence-electron chi connectivity index (χ1n) is 12.8. The van der Waals surface area contributed by atoms with Crippen LogP contribution < -0.4 is 15.8 Å². The van der Waals surface area contributed by atoms with Crippen molar-refractivity contribution in [2.24, 2.45) is 5.73 Å². The van der Waals surface area contributed by atoms with Crippen molar-refractivity contribution in [3.63, 3.8) is 0 Å². The summed E-state index contributed by atoms with van der Waals surface area (Å²) >= 11 is 1.52. The van der Waals surface area contributed by atoms with Gasteiger partial charge in [0.1, 0.15) is 23.2 Å². The van der Waals surface area contributed by atoms with Crippen LogP contribution in [-0.2, 0) is 16.0 Å². The number of carbonyl (C=O) groups excluding carboxylic acids is 2. The molecule has 0 bridgehead atoms. The van der Waals surface area contributed by atoms with E-state index in [-0.39, 0.29) is 28.9 Å². The molecule has 1 aliphatic heterocycles. The Morgan fingerprint density at radius 1 is 1.21 bits per heavy atom. The summed E-state index contributed by atoms with van der Waals surface area (Å²) in [5.41, 5.74) is 8.57. The van der Waals surface area contributed by atoms with E-state index in [1.165, 1.54) is 11.8 Å². The molecular formula is C29H42N2O7S. The number of phenols is 1. The number of benzene rings is 2. The molecule has 9 nitrogen and oxygen atoms in total. The summed E-state index contributed by atoms with van der Waals surface area (Å²) in [5.74, 6) is 0.488. The maximum absolute atomic E-state index is 10.4. The molecule has 3 rings (SSSR count). The summed E-state index contributed by atoms with van der Waals surface area (Å²) in [6.07, 6.45) is 6.62. The number of primary amides is 1. The molecule has 10 heteroatoms. The van der Waals surface area contributed by atoms with Gasteiger partial charge in [0.2, 0.25) is 5.91 Å². The SMILES string of the molecule is CNCCC(N)=O.CO.Cc1cc(O)cc(OC2CC(O)CC(CO)S2)c1Cc1ccc(/C=C/CC=O)cc1. The quantitative estimate of drug-likeness (QED) is 0.226. The molecule has 216 valence electrons. The molecule has 1 fully saturated rings. The van der Waals surface area contributed by atoms with Crippen LogP contribution in [0.1, 0.15) is 47.9 Å². The lowest BCUT2D eigenvalue weighted by Gasteiger charge is -2.32. The molecule has 1 amide bonds. The second-order valence-electron chi connectivity index (χ2n) is 8.90. The number of amides is 1. The van der Waals surface area contributed by atoms with E-state index in [1.54, 1.807) is 19.2 Å². The molecule has 0 aliphatic carbocycles. The van der Waals surface area contributed by atoms with Crippen molar-refractivity contribution >= 4 is 30.0 Å². The fourth-order valence-electron chi connectivity index (χ4n) is 3.84. The molecule has 0 saturated carbocycles. The number of rotatable bonds is 11. The van der Waals surface area contributed by atoms with E-state index in [2.05, 4.69) is 5.32 Å². The summed E-state index contributed by atoms with van der Waals surface area (Å²) < 4.78 is 6.20. The van der Waals surface area contributed by atoms with Crippen molar-refractivity contribution in [3.05, 3.63) is 64.7 Å². The summed E-state index contributed by atoms with van der Waals surface area (Å²) in [5, 5.41) is 39.4. The predicted molar refractivity (Wildman–Crippen MR) is 156 cm³/mol. The number of ether oxygens (including phenoxy) is 1. The van der Waals surface area contributed by atoms with Crippen LogP contribution in [0.4, 0.5) is 0 Å². The van der Waals surface area contributed by atoms with Crippen LogP contribution in [0.15, 0.2) is 42.5 Å². The van der Waals surface area contributed by atoms with Crippen molar-refractivity contribution < 1.29 is 34.8 Å². The number of aromatic hydroxyl groups is 1.